The van der Waals surface area contributed by atoms with Crippen molar-refractivity contribution >= 4 is 112 Å². The molecule has 1 nitrogen and oxygen atoms in total. The molecule has 11 rings (SSSR count). The van der Waals surface area contributed by atoms with E-state index in [-0.39, 0.29) is 0 Å². The fraction of sp³-hybridized carbons (Fsp3) is 0. The molecule has 0 bridgehead atoms. The first-order valence-electron chi connectivity index (χ1n) is 17.5. The molecule has 0 spiro atoms. The van der Waals surface area contributed by atoms with E-state index < -0.39 is 0 Å². The van der Waals surface area contributed by atoms with Crippen molar-refractivity contribution in [3.63, 3.8) is 0 Å². The molecule has 0 saturated carbocycles. The van der Waals surface area contributed by atoms with Crippen molar-refractivity contribution in [3.05, 3.63) is 176 Å². The Labute approximate surface area is 312 Å². The first-order chi connectivity index (χ1) is 25.8. The number of hydrogen-bond donors (Lipinski definition) is 0. The Balaban J connectivity index is 1.10. The van der Waals surface area contributed by atoms with Gasteiger partial charge in [-0.05, 0) is 76.9 Å². The van der Waals surface area contributed by atoms with Gasteiger partial charge in [0.05, 0.1) is 10.4 Å². The van der Waals surface area contributed by atoms with Crippen LogP contribution >= 0.6 is 34.0 Å². The van der Waals surface area contributed by atoms with Gasteiger partial charge in [0.1, 0.15) is 0 Å². The fourth-order valence-electron chi connectivity index (χ4n) is 7.82. The van der Waals surface area contributed by atoms with Gasteiger partial charge in [0.25, 0.3) is 0 Å². The maximum Gasteiger partial charge on any atom is 0.0640 e. The monoisotopic (exact) mass is 715 g/mol. The number of hydrogen-bond acceptors (Lipinski definition) is 4. The Morgan fingerprint density at radius 1 is 0.308 bits per heavy atom. The molecule has 3 aromatic heterocycles. The third-order valence-electron chi connectivity index (χ3n) is 10.3. The zero-order valence-corrected chi connectivity index (χ0v) is 30.4. The van der Waals surface area contributed by atoms with E-state index in [1.165, 1.54) is 88.5 Å². The molecule has 52 heavy (non-hydrogen) atoms. The van der Waals surface area contributed by atoms with Gasteiger partial charge in [-0.25, -0.2) is 0 Å². The molecule has 0 unspecified atom stereocenters. The lowest BCUT2D eigenvalue weighted by Gasteiger charge is -2.26. The fourth-order valence-corrected chi connectivity index (χ4v) is 11.4. The Kier molecular flexibility index (Phi) is 6.84. The van der Waals surface area contributed by atoms with Crippen molar-refractivity contribution in [2.24, 2.45) is 0 Å². The van der Waals surface area contributed by atoms with Crippen molar-refractivity contribution in [2.45, 2.75) is 0 Å². The predicted molar refractivity (Wildman–Crippen MR) is 231 cm³/mol. The molecule has 8 aromatic carbocycles. The summed E-state index contributed by atoms with van der Waals surface area (Å²) in [5, 5.41) is 7.87. The van der Waals surface area contributed by atoms with Crippen LogP contribution in [-0.4, -0.2) is 0 Å². The highest BCUT2D eigenvalue weighted by Gasteiger charge is 2.20. The van der Waals surface area contributed by atoms with Crippen molar-refractivity contribution in [2.75, 3.05) is 4.90 Å². The molecule has 0 atom stereocenters. The predicted octanol–water partition coefficient (Wildman–Crippen LogP) is 15.6. The molecule has 11 aromatic rings. The molecule has 244 valence electrons. The minimum atomic E-state index is 1.14. The van der Waals surface area contributed by atoms with E-state index in [9.17, 15) is 0 Å². The molecular formula is C48H29NS3. The van der Waals surface area contributed by atoms with Crippen LogP contribution in [-0.2, 0) is 0 Å². The molecule has 4 heteroatoms. The average molecular weight is 716 g/mol. The third-order valence-corrected chi connectivity index (χ3v) is 13.8. The quantitative estimate of drug-likeness (QED) is 0.171. The lowest BCUT2D eigenvalue weighted by Crippen LogP contribution is -2.09. The number of benzene rings is 8. The second-order valence-corrected chi connectivity index (χ2v) is 16.5. The average Bonchev–Trinajstić information content (AvgIpc) is 3.90. The van der Waals surface area contributed by atoms with Gasteiger partial charge >= 0.3 is 0 Å². The van der Waals surface area contributed by atoms with Crippen LogP contribution in [0.4, 0.5) is 17.1 Å². The Bertz CT molecular complexity index is 3130. The van der Waals surface area contributed by atoms with Crippen LogP contribution in [0.15, 0.2) is 176 Å². The minimum Gasteiger partial charge on any atom is -0.309 e. The largest absolute Gasteiger partial charge is 0.309 e. The molecule has 0 aliphatic carbocycles. The van der Waals surface area contributed by atoms with Gasteiger partial charge in [0.2, 0.25) is 0 Å². The second kappa shape index (κ2) is 11.9. The van der Waals surface area contributed by atoms with Gasteiger partial charge in [0.15, 0.2) is 0 Å². The van der Waals surface area contributed by atoms with Gasteiger partial charge in [-0.15, -0.1) is 34.0 Å². The van der Waals surface area contributed by atoms with Crippen molar-refractivity contribution in [1.82, 2.24) is 0 Å². The normalized spacial score (nSPS) is 11.8. The van der Waals surface area contributed by atoms with Crippen LogP contribution in [0.5, 0.6) is 0 Å². The third kappa shape index (κ3) is 4.72. The van der Waals surface area contributed by atoms with Gasteiger partial charge < -0.3 is 4.90 Å². The lowest BCUT2D eigenvalue weighted by molar-refractivity contribution is 1.31. The minimum absolute atomic E-state index is 1.14. The maximum absolute atomic E-state index is 2.46. The smallest absolute Gasteiger partial charge is 0.0640 e. The number of fused-ring (bicyclic) bond motifs is 9. The molecule has 0 aliphatic heterocycles. The molecule has 0 saturated heterocycles. The van der Waals surface area contributed by atoms with Crippen molar-refractivity contribution < 1.29 is 0 Å². The van der Waals surface area contributed by atoms with Crippen LogP contribution in [0.2, 0.25) is 0 Å². The highest BCUT2D eigenvalue weighted by molar-refractivity contribution is 7.27. The van der Waals surface area contributed by atoms with Crippen LogP contribution in [0, 0.1) is 0 Å². The summed E-state index contributed by atoms with van der Waals surface area (Å²) < 4.78 is 7.89. The molecule has 0 aliphatic rings. The first-order valence-corrected chi connectivity index (χ1v) is 19.9. The molecule has 0 fully saturated rings. The summed E-state index contributed by atoms with van der Waals surface area (Å²) in [6, 6.07) is 64.8. The van der Waals surface area contributed by atoms with E-state index in [0.717, 1.165) is 11.4 Å². The van der Waals surface area contributed by atoms with E-state index in [4.69, 9.17) is 0 Å². The summed E-state index contributed by atoms with van der Waals surface area (Å²) in [7, 11) is 0. The van der Waals surface area contributed by atoms with Gasteiger partial charge in [0, 0.05) is 67.2 Å². The van der Waals surface area contributed by atoms with Gasteiger partial charge in [-0.1, -0.05) is 121 Å². The standard InChI is InChI=1S/C48H29NS3/c1-2-10-31(11-3-1)35-14-8-15-39-40-16-9-17-42(48(40)52-47(35)39)49(34-25-26-38-36-12-4-6-18-43(36)51-46(38)29-34)33-23-20-30(21-24-33)32-22-27-45-41(28-32)37-13-5-7-19-44(37)50-45/h1-29H. The molecule has 0 radical (unpaired) electrons. The zero-order chi connectivity index (χ0) is 34.2. The van der Waals surface area contributed by atoms with E-state index in [0.29, 0.717) is 0 Å². The van der Waals surface area contributed by atoms with E-state index in [2.05, 4.69) is 181 Å². The highest BCUT2D eigenvalue weighted by Crippen LogP contribution is 2.48. The van der Waals surface area contributed by atoms with E-state index in [1.54, 1.807) is 0 Å². The Hall–Kier alpha value is -5.78. The number of anilines is 3. The van der Waals surface area contributed by atoms with E-state index in [1.807, 2.05) is 34.0 Å². The summed E-state index contributed by atoms with van der Waals surface area (Å²) >= 11 is 5.63. The number of nitrogens with zero attached hydrogens (tertiary/aromatic N) is 1. The van der Waals surface area contributed by atoms with Crippen LogP contribution in [0.3, 0.4) is 0 Å². The summed E-state index contributed by atoms with van der Waals surface area (Å²) in [5.41, 5.74) is 8.47. The van der Waals surface area contributed by atoms with E-state index >= 15 is 0 Å². The van der Waals surface area contributed by atoms with Crippen molar-refractivity contribution in [3.8, 4) is 22.3 Å². The van der Waals surface area contributed by atoms with Crippen LogP contribution in [0.1, 0.15) is 0 Å². The van der Waals surface area contributed by atoms with Crippen molar-refractivity contribution in [1.29, 1.82) is 0 Å². The SMILES string of the molecule is c1ccc(-c2cccc3c2sc2c(N(c4ccc(-c5ccc6sc7ccccc7c6c5)cc4)c4ccc5c(c4)sc4ccccc45)cccc23)cc1. The van der Waals surface area contributed by atoms with Crippen LogP contribution < -0.4 is 4.90 Å². The highest BCUT2D eigenvalue weighted by atomic mass is 32.1. The summed E-state index contributed by atoms with van der Waals surface area (Å²) in [6.45, 7) is 0. The Morgan fingerprint density at radius 2 is 0.904 bits per heavy atom. The molecule has 3 heterocycles. The summed E-state index contributed by atoms with van der Waals surface area (Å²) in [6.07, 6.45) is 0. The topological polar surface area (TPSA) is 3.24 Å². The maximum atomic E-state index is 2.46. The first kappa shape index (κ1) is 29.9. The van der Waals surface area contributed by atoms with Gasteiger partial charge in [-0.2, -0.15) is 0 Å². The Morgan fingerprint density at radius 3 is 1.71 bits per heavy atom. The van der Waals surface area contributed by atoms with Crippen LogP contribution in [0.25, 0.3) is 82.8 Å². The summed E-state index contributed by atoms with van der Waals surface area (Å²) in [4.78, 5) is 2.46. The zero-order valence-electron chi connectivity index (χ0n) is 27.9. The van der Waals surface area contributed by atoms with Gasteiger partial charge in [-0.3, -0.25) is 0 Å². The lowest BCUT2D eigenvalue weighted by atomic mass is 10.0. The summed E-state index contributed by atoms with van der Waals surface area (Å²) in [5.74, 6) is 0. The molecule has 0 N–H and O–H groups in total. The second-order valence-electron chi connectivity index (χ2n) is 13.3. The molecular weight excluding hydrogens is 687 g/mol. The molecule has 0 amide bonds. The number of thiophene rings is 3. The number of rotatable bonds is 5.